The van der Waals surface area contributed by atoms with Crippen LogP contribution in [-0.2, 0) is 32.2 Å². The van der Waals surface area contributed by atoms with Crippen LogP contribution >= 0.6 is 0 Å². The van der Waals surface area contributed by atoms with Crippen LogP contribution in [0.15, 0.2) is 54.9 Å². The SMILES string of the molecule is CO[C@@H](CN(C)C(=O)OC(C)(C)C)Cn1c(C)nc2ccnc(-c3ccnc(N[C@H]4C[C@@H](C(=O)O)N(C(=O)OCc5ccccc5)C4)n3)c21. The van der Waals surface area contributed by atoms with E-state index in [2.05, 4.69) is 15.3 Å². The molecule has 0 bridgehead atoms. The summed E-state index contributed by atoms with van der Waals surface area (Å²) in [6, 6.07) is 11.2. The number of nitrogens with one attached hydrogen (secondary N) is 1. The van der Waals surface area contributed by atoms with Crippen molar-refractivity contribution in [1.82, 2.24) is 34.3 Å². The van der Waals surface area contributed by atoms with Gasteiger partial charge in [0.25, 0.3) is 0 Å². The number of methoxy groups -OCH3 is 1. The van der Waals surface area contributed by atoms with Gasteiger partial charge < -0.3 is 34.1 Å². The molecular weight excluding hydrogens is 632 g/mol. The van der Waals surface area contributed by atoms with Gasteiger partial charge in [0.15, 0.2) is 0 Å². The van der Waals surface area contributed by atoms with Crippen molar-refractivity contribution < 1.29 is 33.7 Å². The Balaban J connectivity index is 1.33. The summed E-state index contributed by atoms with van der Waals surface area (Å²) in [4.78, 5) is 58.8. The lowest BCUT2D eigenvalue weighted by molar-refractivity contribution is -0.141. The summed E-state index contributed by atoms with van der Waals surface area (Å²) in [6.07, 6.45) is 1.83. The molecule has 1 saturated heterocycles. The van der Waals surface area contributed by atoms with Gasteiger partial charge in [-0.05, 0) is 45.4 Å². The zero-order valence-electron chi connectivity index (χ0n) is 28.5. The minimum atomic E-state index is -1.12. The summed E-state index contributed by atoms with van der Waals surface area (Å²) >= 11 is 0. The first kappa shape index (κ1) is 35.0. The molecule has 4 heterocycles. The smallest absolute Gasteiger partial charge is 0.410 e. The first-order valence-electron chi connectivity index (χ1n) is 15.9. The van der Waals surface area contributed by atoms with Crippen LogP contribution in [-0.4, -0.2) is 109 Å². The zero-order valence-corrected chi connectivity index (χ0v) is 28.5. The number of aliphatic carboxylic acids is 1. The van der Waals surface area contributed by atoms with Gasteiger partial charge in [-0.25, -0.2) is 29.3 Å². The van der Waals surface area contributed by atoms with Crippen molar-refractivity contribution in [3.05, 3.63) is 66.2 Å². The summed E-state index contributed by atoms with van der Waals surface area (Å²) < 4.78 is 18.7. The fourth-order valence-electron chi connectivity index (χ4n) is 5.66. The summed E-state index contributed by atoms with van der Waals surface area (Å²) in [5, 5.41) is 13.1. The maximum atomic E-state index is 12.9. The standard InChI is InChI=1S/C34H42N8O7/c1-21-37-26-13-14-35-28(29(26)41(21)19-24(47-6)18-40(5)32(45)49-34(2,3)4)25-12-15-36-31(39-25)38-23-16-27(30(43)44)42(17-23)33(46)48-20-22-10-8-7-9-11-22/h7-15,23-24,27H,16-20H2,1-6H3,(H,43,44)(H,36,38,39)/t23-,24-,27-/m0/s1. The van der Waals surface area contributed by atoms with E-state index < -0.39 is 41.9 Å². The molecule has 4 aromatic rings. The Morgan fingerprint density at radius 3 is 2.51 bits per heavy atom. The molecule has 1 aromatic carbocycles. The van der Waals surface area contributed by atoms with Crippen molar-refractivity contribution >= 4 is 35.1 Å². The lowest BCUT2D eigenvalue weighted by Gasteiger charge is -2.27. The quantitative estimate of drug-likeness (QED) is 0.231. The zero-order chi connectivity index (χ0) is 35.3. The molecule has 3 atom stereocenters. The number of fused-ring (bicyclic) bond motifs is 1. The molecule has 0 radical (unpaired) electrons. The van der Waals surface area contributed by atoms with Gasteiger partial charge in [-0.1, -0.05) is 30.3 Å². The van der Waals surface area contributed by atoms with Crippen LogP contribution in [0.5, 0.6) is 0 Å². The highest BCUT2D eigenvalue weighted by Crippen LogP contribution is 2.28. The average molecular weight is 675 g/mol. The molecular formula is C34H42N8O7. The van der Waals surface area contributed by atoms with Gasteiger partial charge in [0, 0.05) is 45.6 Å². The average Bonchev–Trinajstić information content (AvgIpc) is 3.63. The Morgan fingerprint density at radius 1 is 1.08 bits per heavy atom. The fraction of sp³-hybridized carbons (Fsp3) is 0.441. The summed E-state index contributed by atoms with van der Waals surface area (Å²) in [5.74, 6) is -0.146. The molecule has 2 N–H and O–H groups in total. The number of benzene rings is 1. The summed E-state index contributed by atoms with van der Waals surface area (Å²) in [5.41, 5.74) is 2.67. The molecule has 0 aliphatic carbocycles. The maximum absolute atomic E-state index is 12.9. The van der Waals surface area contributed by atoms with Gasteiger partial charge in [-0.2, -0.15) is 0 Å². The third-order valence-corrected chi connectivity index (χ3v) is 8.01. The number of likely N-dealkylation sites (N-methyl/N-ethyl adjacent to an activating group) is 1. The number of hydrogen-bond acceptors (Lipinski definition) is 11. The number of aryl methyl sites for hydroxylation is 1. The topological polar surface area (TPSA) is 174 Å². The van der Waals surface area contributed by atoms with Crippen LogP contribution in [0.1, 0.15) is 38.6 Å². The molecule has 1 fully saturated rings. The van der Waals surface area contributed by atoms with Gasteiger partial charge in [0.2, 0.25) is 5.95 Å². The van der Waals surface area contributed by atoms with Crippen molar-refractivity contribution in [3.63, 3.8) is 0 Å². The van der Waals surface area contributed by atoms with Crippen LogP contribution in [0.2, 0.25) is 0 Å². The third-order valence-electron chi connectivity index (χ3n) is 8.01. The number of rotatable bonds is 11. The van der Waals surface area contributed by atoms with Crippen molar-refractivity contribution in [2.24, 2.45) is 0 Å². The van der Waals surface area contributed by atoms with Crippen LogP contribution in [0.4, 0.5) is 15.5 Å². The number of ether oxygens (including phenoxy) is 3. The van der Waals surface area contributed by atoms with Gasteiger partial charge in [0.1, 0.15) is 29.8 Å². The minimum absolute atomic E-state index is 0.0337. The summed E-state index contributed by atoms with van der Waals surface area (Å²) in [7, 11) is 3.25. The first-order chi connectivity index (χ1) is 23.3. The number of amides is 2. The van der Waals surface area contributed by atoms with E-state index >= 15 is 0 Å². The number of hydrogen-bond donors (Lipinski definition) is 2. The number of nitrogens with zero attached hydrogens (tertiary/aromatic N) is 7. The Labute approximate surface area is 284 Å². The Bertz CT molecular complexity index is 1790. The highest BCUT2D eigenvalue weighted by Gasteiger charge is 2.41. The predicted molar refractivity (Wildman–Crippen MR) is 180 cm³/mol. The number of pyridine rings is 1. The van der Waals surface area contributed by atoms with Gasteiger partial charge in [-0.3, -0.25) is 9.88 Å². The number of aromatic nitrogens is 5. The normalized spacial score (nSPS) is 16.7. The van der Waals surface area contributed by atoms with E-state index in [0.29, 0.717) is 23.4 Å². The lowest BCUT2D eigenvalue weighted by Crippen LogP contribution is -2.41. The lowest BCUT2D eigenvalue weighted by atomic mass is 10.2. The summed E-state index contributed by atoms with van der Waals surface area (Å²) in [6.45, 7) is 8.10. The molecule has 1 aliphatic heterocycles. The largest absolute Gasteiger partial charge is 0.480 e. The number of carbonyl (C=O) groups excluding carboxylic acids is 2. The number of carbonyl (C=O) groups is 3. The van der Waals surface area contributed by atoms with Crippen LogP contribution in [0.3, 0.4) is 0 Å². The second-order valence-electron chi connectivity index (χ2n) is 12.9. The molecule has 0 saturated carbocycles. The molecule has 15 heteroatoms. The predicted octanol–water partition coefficient (Wildman–Crippen LogP) is 4.35. The second kappa shape index (κ2) is 14.8. The van der Waals surface area contributed by atoms with Gasteiger partial charge in [0.05, 0.1) is 35.9 Å². The van der Waals surface area contributed by atoms with Crippen molar-refractivity contribution in [3.8, 4) is 11.4 Å². The Morgan fingerprint density at radius 2 is 1.82 bits per heavy atom. The van der Waals surface area contributed by atoms with E-state index in [0.717, 1.165) is 16.9 Å². The Kier molecular flexibility index (Phi) is 10.6. The van der Waals surface area contributed by atoms with Gasteiger partial charge >= 0.3 is 18.2 Å². The second-order valence-corrected chi connectivity index (χ2v) is 12.9. The van der Waals surface area contributed by atoms with E-state index in [-0.39, 0.29) is 32.1 Å². The van der Waals surface area contributed by atoms with E-state index in [1.54, 1.807) is 32.6 Å². The van der Waals surface area contributed by atoms with Crippen LogP contribution in [0.25, 0.3) is 22.4 Å². The Hall–Kier alpha value is -5.31. The van der Waals surface area contributed by atoms with E-state index in [4.69, 9.17) is 24.2 Å². The van der Waals surface area contributed by atoms with Crippen molar-refractivity contribution in [2.45, 2.75) is 71.1 Å². The number of carboxylic acid groups (broad SMARTS) is 1. The molecule has 260 valence electrons. The number of likely N-dealkylation sites (tertiary alicyclic amines) is 1. The molecule has 0 spiro atoms. The molecule has 15 nitrogen and oxygen atoms in total. The highest BCUT2D eigenvalue weighted by molar-refractivity contribution is 5.89. The van der Waals surface area contributed by atoms with E-state index in [1.165, 1.54) is 9.80 Å². The molecule has 3 aromatic heterocycles. The van der Waals surface area contributed by atoms with Crippen molar-refractivity contribution in [2.75, 3.05) is 32.6 Å². The number of anilines is 1. The minimum Gasteiger partial charge on any atom is -0.480 e. The number of carboxylic acids is 1. The monoisotopic (exact) mass is 674 g/mol. The third kappa shape index (κ3) is 8.59. The van der Waals surface area contributed by atoms with Gasteiger partial charge in [-0.15, -0.1) is 0 Å². The van der Waals surface area contributed by atoms with Crippen LogP contribution < -0.4 is 5.32 Å². The molecule has 2 amide bonds. The first-order valence-corrected chi connectivity index (χ1v) is 15.9. The molecule has 1 aliphatic rings. The maximum Gasteiger partial charge on any atom is 0.410 e. The molecule has 49 heavy (non-hydrogen) atoms. The van der Waals surface area contributed by atoms with Crippen molar-refractivity contribution in [1.29, 1.82) is 0 Å². The molecule has 0 unspecified atom stereocenters. The number of imidazole rings is 1. The van der Waals surface area contributed by atoms with Crippen LogP contribution in [0, 0.1) is 6.92 Å². The molecule has 5 rings (SSSR count). The van der Waals surface area contributed by atoms with E-state index in [9.17, 15) is 19.5 Å². The fourth-order valence-corrected chi connectivity index (χ4v) is 5.66. The highest BCUT2D eigenvalue weighted by atomic mass is 16.6. The van der Waals surface area contributed by atoms with E-state index in [1.807, 2.05) is 68.7 Å².